The second-order valence-electron chi connectivity index (χ2n) is 8.40. The standard InChI is InChI=1S/C25H28N6/c1-4-5-18-15(2)23-20(28-25(18)19-14-27-29-16(19)3)8-9-22-24(23)21(30-31-22)7-6-17-10-12-26-13-11-17/h6-14,22,24-25,28,31H,4-5H2,1-3H3,(H,27,29)/b7-6+. The number of aromatic nitrogens is 3. The summed E-state index contributed by atoms with van der Waals surface area (Å²) in [6.07, 6.45) is 16.4. The summed E-state index contributed by atoms with van der Waals surface area (Å²) in [4.78, 5) is 4.10. The molecule has 1 aliphatic carbocycles. The molecule has 158 valence electrons. The molecule has 0 radical (unpaired) electrons. The van der Waals surface area contributed by atoms with Crippen molar-refractivity contribution in [1.29, 1.82) is 0 Å². The van der Waals surface area contributed by atoms with E-state index in [1.165, 1.54) is 28.0 Å². The van der Waals surface area contributed by atoms with Gasteiger partial charge in [-0.05, 0) is 66.8 Å². The van der Waals surface area contributed by atoms with E-state index in [9.17, 15) is 0 Å². The van der Waals surface area contributed by atoms with Crippen molar-refractivity contribution < 1.29 is 0 Å². The zero-order chi connectivity index (χ0) is 21.4. The predicted octanol–water partition coefficient (Wildman–Crippen LogP) is 4.36. The number of nitrogens with one attached hydrogen (secondary N) is 3. The Morgan fingerprint density at radius 3 is 2.71 bits per heavy atom. The van der Waals surface area contributed by atoms with E-state index in [1.54, 1.807) is 0 Å². The number of aryl methyl sites for hydroxylation is 1. The minimum Gasteiger partial charge on any atom is -0.374 e. The van der Waals surface area contributed by atoms with Crippen molar-refractivity contribution in [1.82, 2.24) is 25.9 Å². The molecule has 3 unspecified atom stereocenters. The number of dihydropyridines is 1. The molecular formula is C25H28N6. The lowest BCUT2D eigenvalue weighted by atomic mass is 9.74. The number of pyridine rings is 1. The van der Waals surface area contributed by atoms with Crippen LogP contribution in [0.15, 0.2) is 76.5 Å². The van der Waals surface area contributed by atoms with Crippen LogP contribution in [0.1, 0.15) is 49.6 Å². The summed E-state index contributed by atoms with van der Waals surface area (Å²) in [5.74, 6) is 0.198. The van der Waals surface area contributed by atoms with E-state index in [-0.39, 0.29) is 18.0 Å². The first-order chi connectivity index (χ1) is 15.2. The summed E-state index contributed by atoms with van der Waals surface area (Å²) < 4.78 is 0. The van der Waals surface area contributed by atoms with E-state index in [4.69, 9.17) is 0 Å². The molecule has 2 aromatic rings. The SMILES string of the molecule is CCCC1=C(C)C2=C(C=CC3NN=C(/C=C/c4ccncc4)C23)NC1c1cn[nH]c1C. The van der Waals surface area contributed by atoms with Gasteiger partial charge in [-0.1, -0.05) is 25.5 Å². The molecule has 6 nitrogen and oxygen atoms in total. The summed E-state index contributed by atoms with van der Waals surface area (Å²) >= 11 is 0. The average Bonchev–Trinajstić information content (AvgIpc) is 3.40. The summed E-state index contributed by atoms with van der Waals surface area (Å²) in [5.41, 5.74) is 13.2. The van der Waals surface area contributed by atoms with Crippen LogP contribution in [0.4, 0.5) is 0 Å². The molecule has 0 saturated carbocycles. The number of hydrogen-bond acceptors (Lipinski definition) is 5. The molecule has 2 aliphatic heterocycles. The molecule has 2 aromatic heterocycles. The Balaban J connectivity index is 1.53. The van der Waals surface area contributed by atoms with Crippen LogP contribution in [0.25, 0.3) is 6.08 Å². The first-order valence-corrected chi connectivity index (χ1v) is 11.0. The van der Waals surface area contributed by atoms with Gasteiger partial charge in [-0.2, -0.15) is 10.2 Å². The first-order valence-electron chi connectivity index (χ1n) is 11.0. The highest BCUT2D eigenvalue weighted by atomic mass is 15.3. The molecule has 31 heavy (non-hydrogen) atoms. The molecule has 4 heterocycles. The third kappa shape index (κ3) is 3.42. The quantitative estimate of drug-likeness (QED) is 0.682. The zero-order valence-electron chi connectivity index (χ0n) is 18.2. The number of aromatic amines is 1. The Labute approximate surface area is 182 Å². The highest BCUT2D eigenvalue weighted by molar-refractivity contribution is 6.04. The predicted molar refractivity (Wildman–Crippen MR) is 124 cm³/mol. The van der Waals surface area contributed by atoms with Crippen molar-refractivity contribution in [2.45, 2.75) is 45.7 Å². The van der Waals surface area contributed by atoms with Crippen molar-refractivity contribution in [3.05, 3.63) is 88.2 Å². The molecule has 0 amide bonds. The summed E-state index contributed by atoms with van der Waals surface area (Å²) in [6.45, 7) is 6.62. The van der Waals surface area contributed by atoms with Gasteiger partial charge in [-0.15, -0.1) is 0 Å². The number of hydrazone groups is 1. The fraction of sp³-hybridized carbons (Fsp3) is 0.320. The minimum absolute atomic E-state index is 0.153. The second kappa shape index (κ2) is 8.02. The van der Waals surface area contributed by atoms with Crippen LogP contribution >= 0.6 is 0 Å². The molecule has 6 heteroatoms. The van der Waals surface area contributed by atoms with Gasteiger partial charge in [0.25, 0.3) is 0 Å². The summed E-state index contributed by atoms with van der Waals surface area (Å²) in [7, 11) is 0. The molecule has 3 N–H and O–H groups in total. The van der Waals surface area contributed by atoms with Gasteiger partial charge < -0.3 is 10.7 Å². The van der Waals surface area contributed by atoms with Crippen LogP contribution in [0.2, 0.25) is 0 Å². The molecule has 0 saturated heterocycles. The van der Waals surface area contributed by atoms with Gasteiger partial charge in [-0.3, -0.25) is 10.1 Å². The van der Waals surface area contributed by atoms with E-state index in [2.05, 4.69) is 76.1 Å². The number of allylic oxidation sites excluding steroid dienone is 3. The molecule has 3 aliphatic rings. The van der Waals surface area contributed by atoms with Crippen LogP contribution in [0.5, 0.6) is 0 Å². The Kier molecular flexibility index (Phi) is 5.06. The number of nitrogens with zero attached hydrogens (tertiary/aromatic N) is 3. The number of fused-ring (bicyclic) bond motifs is 2. The maximum Gasteiger partial charge on any atom is 0.0766 e. The molecular weight excluding hydrogens is 384 g/mol. The monoisotopic (exact) mass is 412 g/mol. The lowest BCUT2D eigenvalue weighted by Gasteiger charge is -2.37. The van der Waals surface area contributed by atoms with Crippen LogP contribution in [0, 0.1) is 12.8 Å². The molecule has 5 rings (SSSR count). The fourth-order valence-corrected chi connectivity index (χ4v) is 4.92. The molecule has 0 bridgehead atoms. The second-order valence-corrected chi connectivity index (χ2v) is 8.40. The van der Waals surface area contributed by atoms with Crippen molar-refractivity contribution in [2.24, 2.45) is 11.0 Å². The molecule has 0 aromatic carbocycles. The Hall–Kier alpha value is -3.41. The van der Waals surface area contributed by atoms with Crippen molar-refractivity contribution in [2.75, 3.05) is 0 Å². The topological polar surface area (TPSA) is 78.0 Å². The number of H-pyrrole nitrogens is 1. The molecule has 3 atom stereocenters. The van der Waals surface area contributed by atoms with E-state index >= 15 is 0 Å². The summed E-state index contributed by atoms with van der Waals surface area (Å²) in [5, 5.41) is 15.9. The van der Waals surface area contributed by atoms with Gasteiger partial charge in [0.1, 0.15) is 0 Å². The van der Waals surface area contributed by atoms with Gasteiger partial charge in [0.2, 0.25) is 0 Å². The van der Waals surface area contributed by atoms with E-state index in [0.29, 0.717) is 0 Å². The van der Waals surface area contributed by atoms with E-state index < -0.39 is 0 Å². The van der Waals surface area contributed by atoms with Crippen LogP contribution < -0.4 is 10.7 Å². The van der Waals surface area contributed by atoms with E-state index in [1.807, 2.05) is 30.7 Å². The maximum absolute atomic E-state index is 4.69. The largest absolute Gasteiger partial charge is 0.374 e. The average molecular weight is 413 g/mol. The van der Waals surface area contributed by atoms with Crippen LogP contribution in [-0.4, -0.2) is 26.9 Å². The fourth-order valence-electron chi connectivity index (χ4n) is 4.92. The van der Waals surface area contributed by atoms with Gasteiger partial charge in [0.15, 0.2) is 0 Å². The van der Waals surface area contributed by atoms with Crippen LogP contribution in [0.3, 0.4) is 0 Å². The van der Waals surface area contributed by atoms with Crippen molar-refractivity contribution in [3.63, 3.8) is 0 Å². The van der Waals surface area contributed by atoms with Gasteiger partial charge in [0.05, 0.1) is 29.9 Å². The first kappa shape index (κ1) is 19.5. The third-order valence-electron chi connectivity index (χ3n) is 6.48. The van der Waals surface area contributed by atoms with Gasteiger partial charge in [0, 0.05) is 29.3 Å². The zero-order valence-corrected chi connectivity index (χ0v) is 18.2. The lowest BCUT2D eigenvalue weighted by Crippen LogP contribution is -2.38. The number of hydrogen-bond donors (Lipinski definition) is 3. The normalized spacial score (nSPS) is 24.7. The smallest absolute Gasteiger partial charge is 0.0766 e. The highest BCUT2D eigenvalue weighted by Gasteiger charge is 2.40. The van der Waals surface area contributed by atoms with Gasteiger partial charge in [-0.25, -0.2) is 0 Å². The third-order valence-corrected chi connectivity index (χ3v) is 6.48. The number of rotatable bonds is 5. The molecule has 0 fully saturated rings. The minimum atomic E-state index is 0.153. The maximum atomic E-state index is 4.69. The van der Waals surface area contributed by atoms with E-state index in [0.717, 1.165) is 29.8 Å². The van der Waals surface area contributed by atoms with Crippen LogP contribution in [-0.2, 0) is 0 Å². The van der Waals surface area contributed by atoms with Gasteiger partial charge >= 0.3 is 0 Å². The summed E-state index contributed by atoms with van der Waals surface area (Å²) in [6, 6.07) is 4.35. The Morgan fingerprint density at radius 1 is 1.13 bits per heavy atom. The Morgan fingerprint density at radius 2 is 1.97 bits per heavy atom. The van der Waals surface area contributed by atoms with Crippen molar-refractivity contribution >= 4 is 11.8 Å². The Bertz CT molecular complexity index is 1130. The van der Waals surface area contributed by atoms with Crippen molar-refractivity contribution in [3.8, 4) is 0 Å². The lowest BCUT2D eigenvalue weighted by molar-refractivity contribution is 0.557. The highest BCUT2D eigenvalue weighted by Crippen LogP contribution is 2.43. The molecule has 0 spiro atoms.